The zero-order chi connectivity index (χ0) is 13.5. The van der Waals surface area contributed by atoms with Gasteiger partial charge in [0.25, 0.3) is 5.91 Å². The van der Waals surface area contributed by atoms with Gasteiger partial charge >= 0.3 is 6.03 Å². The van der Waals surface area contributed by atoms with Crippen LogP contribution in [-0.4, -0.2) is 28.9 Å². The Hall–Kier alpha value is -1.91. The lowest BCUT2D eigenvalue weighted by Gasteiger charge is -2.30. The largest absolute Gasteiger partial charge is 0.332 e. The number of hydrogen-bond acceptors (Lipinski definition) is 2. The van der Waals surface area contributed by atoms with Gasteiger partial charge in [-0.25, -0.2) is 14.1 Å². The Kier molecular flexibility index (Phi) is 2.84. The molecule has 1 fully saturated rings. The van der Waals surface area contributed by atoms with Gasteiger partial charge in [0.1, 0.15) is 12.4 Å². The first-order chi connectivity index (χ1) is 8.30. The minimum Gasteiger partial charge on any atom is -0.310 e. The predicted molar refractivity (Wildman–Crippen MR) is 65.7 cm³/mol. The van der Waals surface area contributed by atoms with E-state index in [2.05, 4.69) is 0 Å². The van der Waals surface area contributed by atoms with Crippen molar-refractivity contribution in [3.05, 3.63) is 30.1 Å². The Balaban J connectivity index is 2.36. The van der Waals surface area contributed by atoms with Crippen LogP contribution >= 0.6 is 0 Å². The van der Waals surface area contributed by atoms with E-state index in [9.17, 15) is 14.0 Å². The van der Waals surface area contributed by atoms with Crippen LogP contribution in [0.15, 0.2) is 24.3 Å². The molecule has 18 heavy (non-hydrogen) atoms. The molecule has 4 nitrogen and oxygen atoms in total. The monoisotopic (exact) mass is 250 g/mol. The number of amides is 3. The molecule has 0 saturated carbocycles. The first kappa shape index (κ1) is 12.5. The summed E-state index contributed by atoms with van der Waals surface area (Å²) in [6.07, 6.45) is 0. The number of carbonyl (C=O) groups excluding carboxylic acids is 2. The van der Waals surface area contributed by atoms with E-state index in [4.69, 9.17) is 0 Å². The van der Waals surface area contributed by atoms with E-state index in [0.717, 1.165) is 4.90 Å². The topological polar surface area (TPSA) is 40.6 Å². The lowest BCUT2D eigenvalue weighted by atomic mass is 10.1. The van der Waals surface area contributed by atoms with Gasteiger partial charge < -0.3 is 4.90 Å². The van der Waals surface area contributed by atoms with Gasteiger partial charge in [0.05, 0.1) is 5.69 Å². The molecule has 0 aromatic heterocycles. The van der Waals surface area contributed by atoms with Crippen LogP contribution in [0.4, 0.5) is 14.9 Å². The molecule has 2 rings (SSSR count). The van der Waals surface area contributed by atoms with E-state index in [1.54, 1.807) is 6.07 Å². The molecule has 96 valence electrons. The van der Waals surface area contributed by atoms with Gasteiger partial charge in [0.2, 0.25) is 0 Å². The van der Waals surface area contributed by atoms with Gasteiger partial charge in [0, 0.05) is 5.54 Å². The average molecular weight is 250 g/mol. The van der Waals surface area contributed by atoms with Crippen molar-refractivity contribution in [2.75, 3.05) is 11.4 Å². The van der Waals surface area contributed by atoms with E-state index in [1.807, 2.05) is 20.8 Å². The lowest BCUT2D eigenvalue weighted by Crippen LogP contribution is -2.44. The summed E-state index contributed by atoms with van der Waals surface area (Å²) in [5.74, 6) is -0.803. The number of imide groups is 1. The van der Waals surface area contributed by atoms with Gasteiger partial charge in [-0.2, -0.15) is 0 Å². The Morgan fingerprint density at radius 3 is 2.39 bits per heavy atom. The molecule has 0 atom stereocenters. The summed E-state index contributed by atoms with van der Waals surface area (Å²) in [5.41, 5.74) is -0.161. The SMILES string of the molecule is CC(C)(C)N1CC(=O)N(c2cccc(F)c2)C1=O. The van der Waals surface area contributed by atoms with E-state index < -0.39 is 17.4 Å². The quantitative estimate of drug-likeness (QED) is 0.718. The number of urea groups is 1. The molecule has 5 heteroatoms. The molecule has 1 aliphatic rings. The van der Waals surface area contributed by atoms with E-state index in [-0.39, 0.29) is 18.1 Å². The molecule has 1 aliphatic heterocycles. The summed E-state index contributed by atoms with van der Waals surface area (Å²) in [6.45, 7) is 5.59. The third kappa shape index (κ3) is 2.08. The number of benzene rings is 1. The molecule has 0 N–H and O–H groups in total. The third-order valence-electron chi connectivity index (χ3n) is 2.84. The summed E-state index contributed by atoms with van der Waals surface area (Å²) in [5, 5.41) is 0. The van der Waals surface area contributed by atoms with Crippen molar-refractivity contribution in [1.82, 2.24) is 4.90 Å². The lowest BCUT2D eigenvalue weighted by molar-refractivity contribution is -0.117. The first-order valence-electron chi connectivity index (χ1n) is 5.71. The average Bonchev–Trinajstić information content (AvgIpc) is 2.54. The Morgan fingerprint density at radius 2 is 1.89 bits per heavy atom. The van der Waals surface area contributed by atoms with Gasteiger partial charge in [-0.15, -0.1) is 0 Å². The normalized spacial score (nSPS) is 16.7. The summed E-state index contributed by atoms with van der Waals surface area (Å²) >= 11 is 0. The zero-order valence-electron chi connectivity index (χ0n) is 10.6. The van der Waals surface area contributed by atoms with Crippen molar-refractivity contribution in [2.45, 2.75) is 26.3 Å². The van der Waals surface area contributed by atoms with Crippen molar-refractivity contribution in [2.24, 2.45) is 0 Å². The van der Waals surface area contributed by atoms with Gasteiger partial charge in [-0.1, -0.05) is 6.07 Å². The Morgan fingerprint density at radius 1 is 1.22 bits per heavy atom. The van der Waals surface area contributed by atoms with E-state index in [0.29, 0.717) is 0 Å². The Bertz CT molecular complexity index is 508. The molecule has 0 bridgehead atoms. The highest BCUT2D eigenvalue weighted by molar-refractivity contribution is 6.20. The first-order valence-corrected chi connectivity index (χ1v) is 5.71. The summed E-state index contributed by atoms with van der Waals surface area (Å²) in [7, 11) is 0. The van der Waals surface area contributed by atoms with Crippen LogP contribution in [0.2, 0.25) is 0 Å². The molecule has 0 unspecified atom stereocenters. The Labute approximate surface area is 105 Å². The predicted octanol–water partition coefficient (Wildman–Crippen LogP) is 2.39. The summed E-state index contributed by atoms with van der Waals surface area (Å²) < 4.78 is 13.1. The van der Waals surface area contributed by atoms with Crippen LogP contribution in [0, 0.1) is 5.82 Å². The molecule has 1 aromatic carbocycles. The zero-order valence-corrected chi connectivity index (χ0v) is 10.6. The van der Waals surface area contributed by atoms with Crippen LogP contribution in [0.3, 0.4) is 0 Å². The maximum absolute atomic E-state index is 13.1. The smallest absolute Gasteiger partial charge is 0.310 e. The fourth-order valence-corrected chi connectivity index (χ4v) is 1.89. The molecule has 0 spiro atoms. The van der Waals surface area contributed by atoms with Crippen molar-refractivity contribution < 1.29 is 14.0 Å². The maximum Gasteiger partial charge on any atom is 0.332 e. The summed E-state index contributed by atoms with van der Waals surface area (Å²) in [4.78, 5) is 26.6. The van der Waals surface area contributed by atoms with Gasteiger partial charge in [0.15, 0.2) is 0 Å². The van der Waals surface area contributed by atoms with Crippen LogP contribution < -0.4 is 4.90 Å². The van der Waals surface area contributed by atoms with Gasteiger partial charge in [-0.3, -0.25) is 4.79 Å². The van der Waals surface area contributed by atoms with Crippen molar-refractivity contribution in [3.63, 3.8) is 0 Å². The second-order valence-corrected chi connectivity index (χ2v) is 5.25. The highest BCUT2D eigenvalue weighted by atomic mass is 19.1. The fraction of sp³-hybridized carbons (Fsp3) is 0.385. The molecule has 1 aromatic rings. The number of nitrogens with zero attached hydrogens (tertiary/aromatic N) is 2. The fourth-order valence-electron chi connectivity index (χ4n) is 1.89. The molecule has 1 heterocycles. The molecule has 0 aliphatic carbocycles. The van der Waals surface area contributed by atoms with Crippen molar-refractivity contribution >= 4 is 17.6 Å². The standard InChI is InChI=1S/C13H15FN2O2/c1-13(2,3)15-8-11(17)16(12(15)18)10-6-4-5-9(14)7-10/h4-7H,8H2,1-3H3. The highest BCUT2D eigenvalue weighted by Gasteiger charge is 2.42. The molecule has 0 radical (unpaired) electrons. The van der Waals surface area contributed by atoms with Gasteiger partial charge in [-0.05, 0) is 39.0 Å². The van der Waals surface area contributed by atoms with Crippen LogP contribution in [0.25, 0.3) is 0 Å². The molecule has 3 amide bonds. The number of halogens is 1. The maximum atomic E-state index is 13.1. The minimum atomic E-state index is -0.470. The number of anilines is 1. The second kappa shape index (κ2) is 4.08. The second-order valence-electron chi connectivity index (χ2n) is 5.25. The van der Waals surface area contributed by atoms with E-state index in [1.165, 1.54) is 23.1 Å². The minimum absolute atomic E-state index is 0.0266. The van der Waals surface area contributed by atoms with Crippen molar-refractivity contribution in [1.29, 1.82) is 0 Å². The number of hydrogen-bond donors (Lipinski definition) is 0. The van der Waals surface area contributed by atoms with Crippen LogP contribution in [0.1, 0.15) is 20.8 Å². The number of rotatable bonds is 1. The third-order valence-corrected chi connectivity index (χ3v) is 2.84. The number of carbonyl (C=O) groups is 2. The summed E-state index contributed by atoms with van der Waals surface area (Å²) in [6, 6.07) is 5.08. The van der Waals surface area contributed by atoms with Crippen LogP contribution in [0.5, 0.6) is 0 Å². The van der Waals surface area contributed by atoms with E-state index >= 15 is 0 Å². The van der Waals surface area contributed by atoms with Crippen LogP contribution in [-0.2, 0) is 4.79 Å². The molecular formula is C13H15FN2O2. The molecular weight excluding hydrogens is 235 g/mol. The van der Waals surface area contributed by atoms with Crippen molar-refractivity contribution in [3.8, 4) is 0 Å². The highest BCUT2D eigenvalue weighted by Crippen LogP contribution is 2.26. The molecule has 1 saturated heterocycles.